The van der Waals surface area contributed by atoms with Crippen LogP contribution in [-0.2, 0) is 9.59 Å². The lowest BCUT2D eigenvalue weighted by atomic mass is 10.0. The lowest BCUT2D eigenvalue weighted by Crippen LogP contribution is -2.32. The number of rotatable bonds is 5. The van der Waals surface area contributed by atoms with Crippen LogP contribution in [0.1, 0.15) is 5.56 Å². The molecular weight excluding hydrogens is 408 g/mol. The molecule has 9 heteroatoms. The zero-order valence-electron chi connectivity index (χ0n) is 15.7. The molecule has 4 rings (SSSR count). The molecule has 3 aromatic carbocycles. The number of halogens is 2. The predicted octanol–water partition coefficient (Wildman–Crippen LogP) is 4.27. The second kappa shape index (κ2) is 7.79. The number of benzene rings is 3. The summed E-state index contributed by atoms with van der Waals surface area (Å²) in [6, 6.07) is 15.1. The van der Waals surface area contributed by atoms with Crippen LogP contribution in [0.4, 0.5) is 25.8 Å². The third-order valence-electron chi connectivity index (χ3n) is 4.65. The molecule has 1 aliphatic rings. The van der Waals surface area contributed by atoms with Crippen molar-refractivity contribution in [2.24, 2.45) is 0 Å². The molecule has 0 atom stereocenters. The highest BCUT2D eigenvalue weighted by Gasteiger charge is 2.40. The molecule has 0 unspecified atom stereocenters. The van der Waals surface area contributed by atoms with E-state index >= 15 is 0 Å². The standard InChI is InChI=1S/C22H13F2N3O4/c23-14-3-7-16(8-4-14)25-20-19(13-1-9-18(10-2-13)27(30)31)21(28)26(22(20)29)17-11-5-15(24)6-12-17/h1-12,25H. The van der Waals surface area contributed by atoms with Gasteiger partial charge in [-0.25, -0.2) is 13.7 Å². The van der Waals surface area contributed by atoms with Crippen LogP contribution in [0.2, 0.25) is 0 Å². The van der Waals surface area contributed by atoms with E-state index in [-0.39, 0.29) is 28.2 Å². The minimum atomic E-state index is -0.700. The Hall–Kier alpha value is -4.40. The second-order valence-electron chi connectivity index (χ2n) is 6.61. The fourth-order valence-corrected chi connectivity index (χ4v) is 3.17. The van der Waals surface area contributed by atoms with Crippen LogP contribution in [0.15, 0.2) is 78.5 Å². The molecule has 0 aromatic heterocycles. The maximum atomic E-state index is 13.3. The lowest BCUT2D eigenvalue weighted by Gasteiger charge is -2.15. The van der Waals surface area contributed by atoms with Gasteiger partial charge in [0, 0.05) is 17.8 Å². The Labute approximate surface area is 174 Å². The van der Waals surface area contributed by atoms with E-state index in [2.05, 4.69) is 5.32 Å². The summed E-state index contributed by atoms with van der Waals surface area (Å²) in [7, 11) is 0. The zero-order chi connectivity index (χ0) is 22.1. The molecule has 1 heterocycles. The van der Waals surface area contributed by atoms with E-state index in [4.69, 9.17) is 0 Å². The van der Waals surface area contributed by atoms with Crippen molar-refractivity contribution < 1.29 is 23.3 Å². The summed E-state index contributed by atoms with van der Waals surface area (Å²) in [5.74, 6) is -2.39. The van der Waals surface area contributed by atoms with Gasteiger partial charge in [0.15, 0.2) is 0 Å². The number of nitro benzene ring substituents is 1. The molecule has 0 aliphatic carbocycles. The Kier molecular flexibility index (Phi) is 5.00. The number of amides is 2. The van der Waals surface area contributed by atoms with Gasteiger partial charge in [-0.2, -0.15) is 0 Å². The molecule has 0 spiro atoms. The molecule has 1 aliphatic heterocycles. The highest BCUT2D eigenvalue weighted by molar-refractivity contribution is 6.46. The monoisotopic (exact) mass is 421 g/mol. The largest absolute Gasteiger partial charge is 0.350 e. The Morgan fingerprint density at radius 1 is 0.774 bits per heavy atom. The second-order valence-corrected chi connectivity index (χ2v) is 6.61. The topological polar surface area (TPSA) is 92.5 Å². The number of nitrogens with zero attached hydrogens (tertiary/aromatic N) is 2. The first kappa shape index (κ1) is 19.9. The number of hydrogen-bond acceptors (Lipinski definition) is 5. The van der Waals surface area contributed by atoms with Crippen molar-refractivity contribution in [2.75, 3.05) is 10.2 Å². The highest BCUT2D eigenvalue weighted by atomic mass is 19.1. The third kappa shape index (κ3) is 3.76. The first-order valence-corrected chi connectivity index (χ1v) is 9.01. The van der Waals surface area contributed by atoms with Gasteiger partial charge in [-0.1, -0.05) is 0 Å². The summed E-state index contributed by atoms with van der Waals surface area (Å²) in [5, 5.41) is 13.8. The Bertz CT molecular complexity index is 1220. The minimum Gasteiger partial charge on any atom is -0.350 e. The maximum Gasteiger partial charge on any atom is 0.282 e. The van der Waals surface area contributed by atoms with Gasteiger partial charge < -0.3 is 5.32 Å². The zero-order valence-corrected chi connectivity index (χ0v) is 15.7. The molecule has 0 saturated carbocycles. The number of carbonyl (C=O) groups is 2. The average molecular weight is 421 g/mol. The first-order valence-electron chi connectivity index (χ1n) is 9.01. The van der Waals surface area contributed by atoms with Gasteiger partial charge in [0.2, 0.25) is 0 Å². The minimum absolute atomic E-state index is 0.0199. The molecule has 0 radical (unpaired) electrons. The molecule has 0 saturated heterocycles. The molecule has 0 bridgehead atoms. The van der Waals surface area contributed by atoms with Crippen LogP contribution < -0.4 is 10.2 Å². The number of carbonyl (C=O) groups excluding carboxylic acids is 2. The molecule has 3 aromatic rings. The van der Waals surface area contributed by atoms with Crippen LogP contribution >= 0.6 is 0 Å². The van der Waals surface area contributed by atoms with E-state index in [0.717, 1.165) is 17.0 Å². The van der Waals surface area contributed by atoms with Crippen LogP contribution in [0.3, 0.4) is 0 Å². The number of nitro groups is 1. The smallest absolute Gasteiger partial charge is 0.282 e. The van der Waals surface area contributed by atoms with Crippen molar-refractivity contribution in [2.45, 2.75) is 0 Å². The van der Waals surface area contributed by atoms with Crippen LogP contribution in [-0.4, -0.2) is 16.7 Å². The number of nitrogens with one attached hydrogen (secondary N) is 1. The lowest BCUT2D eigenvalue weighted by molar-refractivity contribution is -0.384. The van der Waals surface area contributed by atoms with Gasteiger partial charge in [-0.3, -0.25) is 19.7 Å². The van der Waals surface area contributed by atoms with E-state index < -0.39 is 28.4 Å². The molecule has 154 valence electrons. The molecular formula is C22H13F2N3O4. The molecule has 7 nitrogen and oxygen atoms in total. The maximum absolute atomic E-state index is 13.3. The molecule has 31 heavy (non-hydrogen) atoms. The Morgan fingerprint density at radius 3 is 1.87 bits per heavy atom. The van der Waals surface area contributed by atoms with Crippen LogP contribution in [0, 0.1) is 21.7 Å². The van der Waals surface area contributed by atoms with E-state index in [1.54, 1.807) is 0 Å². The van der Waals surface area contributed by atoms with Crippen LogP contribution in [0.25, 0.3) is 5.57 Å². The van der Waals surface area contributed by atoms with E-state index in [9.17, 15) is 28.5 Å². The van der Waals surface area contributed by atoms with Gasteiger partial charge in [-0.05, 0) is 66.2 Å². The van der Waals surface area contributed by atoms with Gasteiger partial charge in [0.1, 0.15) is 17.3 Å². The highest BCUT2D eigenvalue weighted by Crippen LogP contribution is 2.34. The van der Waals surface area contributed by atoms with Crippen molar-refractivity contribution >= 4 is 34.4 Å². The van der Waals surface area contributed by atoms with E-state index in [1.165, 1.54) is 60.7 Å². The SMILES string of the molecule is O=C1C(Nc2ccc(F)cc2)=C(c2ccc([N+](=O)[O-])cc2)C(=O)N1c1ccc(F)cc1. The average Bonchev–Trinajstić information content (AvgIpc) is 3.00. The van der Waals surface area contributed by atoms with Gasteiger partial charge >= 0.3 is 0 Å². The Balaban J connectivity index is 1.80. The number of non-ortho nitro benzene ring substituents is 1. The summed E-state index contributed by atoms with van der Waals surface area (Å²) < 4.78 is 26.6. The van der Waals surface area contributed by atoms with E-state index in [0.29, 0.717) is 5.69 Å². The first-order chi connectivity index (χ1) is 14.8. The number of hydrogen-bond donors (Lipinski definition) is 1. The van der Waals surface area contributed by atoms with Crippen molar-refractivity contribution in [3.05, 3.63) is 106 Å². The van der Waals surface area contributed by atoms with Crippen molar-refractivity contribution in [1.29, 1.82) is 0 Å². The quantitative estimate of drug-likeness (QED) is 0.377. The number of imide groups is 1. The van der Waals surface area contributed by atoms with Crippen molar-refractivity contribution in [3.63, 3.8) is 0 Å². The third-order valence-corrected chi connectivity index (χ3v) is 4.65. The van der Waals surface area contributed by atoms with E-state index in [1.807, 2.05) is 0 Å². The predicted molar refractivity (Wildman–Crippen MR) is 109 cm³/mol. The normalized spacial score (nSPS) is 13.7. The summed E-state index contributed by atoms with van der Waals surface area (Å²) in [6.45, 7) is 0. The van der Waals surface area contributed by atoms with Gasteiger partial charge in [0.25, 0.3) is 17.5 Å². The van der Waals surface area contributed by atoms with Crippen molar-refractivity contribution in [1.82, 2.24) is 0 Å². The summed E-state index contributed by atoms with van der Waals surface area (Å²) in [5.41, 5.74) is 0.510. The van der Waals surface area contributed by atoms with Gasteiger partial charge in [-0.15, -0.1) is 0 Å². The number of anilines is 2. The van der Waals surface area contributed by atoms with Crippen LogP contribution in [0.5, 0.6) is 0 Å². The summed E-state index contributed by atoms with van der Waals surface area (Å²) in [4.78, 5) is 37.6. The molecule has 0 fully saturated rings. The summed E-state index contributed by atoms with van der Waals surface area (Å²) in [6.07, 6.45) is 0. The fraction of sp³-hybridized carbons (Fsp3) is 0. The molecule has 1 N–H and O–H groups in total. The summed E-state index contributed by atoms with van der Waals surface area (Å²) >= 11 is 0. The fourth-order valence-electron chi connectivity index (χ4n) is 3.17. The Morgan fingerprint density at radius 2 is 1.32 bits per heavy atom. The molecule has 2 amide bonds. The van der Waals surface area contributed by atoms with Crippen molar-refractivity contribution in [3.8, 4) is 0 Å². The van der Waals surface area contributed by atoms with Gasteiger partial charge in [0.05, 0.1) is 16.2 Å².